The SMILES string of the molecule is CC(NC(CC(F)(F)F)c1ccccc1)c1ncn[nH]1. The van der Waals surface area contributed by atoms with E-state index in [-0.39, 0.29) is 6.04 Å². The van der Waals surface area contributed by atoms with E-state index in [0.29, 0.717) is 11.4 Å². The standard InChI is InChI=1S/C13H15F3N4/c1-9(12-17-8-18-20-12)19-11(7-13(14,15)16)10-5-3-2-4-6-10/h2-6,8-9,11,19H,7H2,1H3,(H,17,18,20). The van der Waals surface area contributed by atoms with Crippen LogP contribution in [0.3, 0.4) is 0 Å². The van der Waals surface area contributed by atoms with Gasteiger partial charge in [-0.1, -0.05) is 30.3 Å². The molecule has 0 aliphatic rings. The maximum atomic E-state index is 12.7. The van der Waals surface area contributed by atoms with Crippen LogP contribution in [-0.4, -0.2) is 21.4 Å². The Labute approximate surface area is 114 Å². The molecule has 0 aliphatic heterocycles. The highest BCUT2D eigenvalue weighted by atomic mass is 19.4. The lowest BCUT2D eigenvalue weighted by Crippen LogP contribution is -2.29. The molecule has 0 fully saturated rings. The highest BCUT2D eigenvalue weighted by Crippen LogP contribution is 2.30. The van der Waals surface area contributed by atoms with E-state index < -0.39 is 18.6 Å². The van der Waals surface area contributed by atoms with E-state index in [4.69, 9.17) is 0 Å². The van der Waals surface area contributed by atoms with E-state index in [1.54, 1.807) is 37.3 Å². The van der Waals surface area contributed by atoms with Crippen molar-refractivity contribution in [2.24, 2.45) is 0 Å². The van der Waals surface area contributed by atoms with Crippen molar-refractivity contribution in [1.82, 2.24) is 20.5 Å². The first-order valence-corrected chi connectivity index (χ1v) is 6.19. The van der Waals surface area contributed by atoms with Gasteiger partial charge in [0.1, 0.15) is 12.2 Å². The van der Waals surface area contributed by atoms with Crippen LogP contribution in [0.25, 0.3) is 0 Å². The molecule has 0 amide bonds. The molecule has 0 bridgehead atoms. The summed E-state index contributed by atoms with van der Waals surface area (Å²) in [6.45, 7) is 1.74. The van der Waals surface area contributed by atoms with Gasteiger partial charge in [-0.05, 0) is 12.5 Å². The van der Waals surface area contributed by atoms with Crippen LogP contribution >= 0.6 is 0 Å². The van der Waals surface area contributed by atoms with E-state index in [0.717, 1.165) is 0 Å². The van der Waals surface area contributed by atoms with Crippen LogP contribution in [0.4, 0.5) is 13.2 Å². The Kier molecular flexibility index (Phi) is 4.39. The van der Waals surface area contributed by atoms with Gasteiger partial charge in [0.2, 0.25) is 0 Å². The molecule has 2 rings (SSSR count). The second-order valence-corrected chi connectivity index (χ2v) is 4.54. The molecule has 2 atom stereocenters. The van der Waals surface area contributed by atoms with Crippen LogP contribution in [0.2, 0.25) is 0 Å². The summed E-state index contributed by atoms with van der Waals surface area (Å²) >= 11 is 0. The topological polar surface area (TPSA) is 53.6 Å². The quantitative estimate of drug-likeness (QED) is 0.886. The predicted molar refractivity (Wildman–Crippen MR) is 67.8 cm³/mol. The first kappa shape index (κ1) is 14.5. The Morgan fingerprint density at radius 1 is 1.25 bits per heavy atom. The number of benzene rings is 1. The molecule has 0 saturated carbocycles. The highest BCUT2D eigenvalue weighted by molar-refractivity contribution is 5.19. The van der Waals surface area contributed by atoms with Gasteiger partial charge in [-0.25, -0.2) is 4.98 Å². The van der Waals surface area contributed by atoms with Crippen molar-refractivity contribution in [3.8, 4) is 0 Å². The number of H-pyrrole nitrogens is 1. The molecule has 0 aliphatic carbocycles. The van der Waals surface area contributed by atoms with Gasteiger partial charge < -0.3 is 5.32 Å². The molecule has 2 N–H and O–H groups in total. The number of nitrogens with zero attached hydrogens (tertiary/aromatic N) is 2. The van der Waals surface area contributed by atoms with Crippen molar-refractivity contribution in [1.29, 1.82) is 0 Å². The number of halogens is 3. The largest absolute Gasteiger partial charge is 0.390 e. The summed E-state index contributed by atoms with van der Waals surface area (Å²) in [5.41, 5.74) is 0.594. The summed E-state index contributed by atoms with van der Waals surface area (Å²) in [5, 5.41) is 9.29. The summed E-state index contributed by atoms with van der Waals surface area (Å²) in [6.07, 6.45) is -3.85. The van der Waals surface area contributed by atoms with Crippen molar-refractivity contribution in [3.63, 3.8) is 0 Å². The van der Waals surface area contributed by atoms with E-state index in [1.165, 1.54) is 6.33 Å². The molecule has 1 aromatic heterocycles. The Hall–Kier alpha value is -1.89. The highest BCUT2D eigenvalue weighted by Gasteiger charge is 2.33. The van der Waals surface area contributed by atoms with Gasteiger partial charge in [-0.2, -0.15) is 18.3 Å². The Morgan fingerprint density at radius 2 is 1.95 bits per heavy atom. The molecular weight excluding hydrogens is 269 g/mol. The third kappa shape index (κ3) is 4.06. The fraction of sp³-hybridized carbons (Fsp3) is 0.385. The fourth-order valence-corrected chi connectivity index (χ4v) is 1.99. The number of alkyl halides is 3. The smallest absolute Gasteiger partial charge is 0.300 e. The first-order chi connectivity index (χ1) is 9.46. The minimum absolute atomic E-state index is 0.356. The zero-order chi connectivity index (χ0) is 14.6. The average Bonchev–Trinajstić information content (AvgIpc) is 2.91. The monoisotopic (exact) mass is 284 g/mol. The van der Waals surface area contributed by atoms with Gasteiger partial charge in [-0.3, -0.25) is 5.10 Å². The molecule has 0 spiro atoms. The summed E-state index contributed by atoms with van der Waals surface area (Å²) in [6, 6.07) is 7.39. The van der Waals surface area contributed by atoms with Gasteiger partial charge in [0.05, 0.1) is 12.5 Å². The van der Waals surface area contributed by atoms with Crippen LogP contribution in [-0.2, 0) is 0 Å². The van der Waals surface area contributed by atoms with Crippen molar-refractivity contribution in [2.45, 2.75) is 31.6 Å². The Morgan fingerprint density at radius 3 is 2.50 bits per heavy atom. The third-order valence-electron chi connectivity index (χ3n) is 2.93. The molecule has 4 nitrogen and oxygen atoms in total. The van der Waals surface area contributed by atoms with Crippen molar-refractivity contribution < 1.29 is 13.2 Å². The van der Waals surface area contributed by atoms with E-state index in [9.17, 15) is 13.2 Å². The van der Waals surface area contributed by atoms with E-state index in [2.05, 4.69) is 20.5 Å². The minimum Gasteiger partial charge on any atom is -0.300 e. The molecule has 0 saturated heterocycles. The first-order valence-electron chi connectivity index (χ1n) is 6.19. The second kappa shape index (κ2) is 6.04. The zero-order valence-electron chi connectivity index (χ0n) is 10.9. The maximum absolute atomic E-state index is 12.7. The normalized spacial score (nSPS) is 15.0. The van der Waals surface area contributed by atoms with Crippen LogP contribution in [0.1, 0.15) is 36.8 Å². The van der Waals surface area contributed by atoms with Crippen molar-refractivity contribution in [3.05, 3.63) is 48.0 Å². The van der Waals surface area contributed by atoms with Crippen LogP contribution in [0.15, 0.2) is 36.7 Å². The Bertz CT molecular complexity index is 510. The molecule has 7 heteroatoms. The Balaban J connectivity index is 2.15. The summed E-state index contributed by atoms with van der Waals surface area (Å²) in [5.74, 6) is 0.508. The zero-order valence-corrected chi connectivity index (χ0v) is 10.9. The lowest BCUT2D eigenvalue weighted by molar-refractivity contribution is -0.140. The third-order valence-corrected chi connectivity index (χ3v) is 2.93. The summed E-state index contributed by atoms with van der Waals surface area (Å²) in [7, 11) is 0. The summed E-state index contributed by atoms with van der Waals surface area (Å²) < 4.78 is 38.1. The van der Waals surface area contributed by atoms with E-state index in [1.807, 2.05) is 0 Å². The predicted octanol–water partition coefficient (Wildman–Crippen LogP) is 3.15. The number of hydrogen-bond donors (Lipinski definition) is 2. The second-order valence-electron chi connectivity index (χ2n) is 4.54. The van der Waals surface area contributed by atoms with Crippen molar-refractivity contribution in [2.75, 3.05) is 0 Å². The number of aromatic nitrogens is 3. The molecule has 1 heterocycles. The van der Waals surface area contributed by atoms with Gasteiger partial charge >= 0.3 is 6.18 Å². The molecule has 108 valence electrons. The van der Waals surface area contributed by atoms with Gasteiger partial charge in [0.25, 0.3) is 0 Å². The minimum atomic E-state index is -4.24. The number of rotatable bonds is 5. The fourth-order valence-electron chi connectivity index (χ4n) is 1.99. The van der Waals surface area contributed by atoms with Gasteiger partial charge in [0.15, 0.2) is 0 Å². The number of nitrogens with one attached hydrogen (secondary N) is 2. The lowest BCUT2D eigenvalue weighted by atomic mass is 10.0. The summed E-state index contributed by atoms with van der Waals surface area (Å²) in [4.78, 5) is 3.95. The van der Waals surface area contributed by atoms with Gasteiger partial charge in [-0.15, -0.1) is 0 Å². The molecule has 0 radical (unpaired) electrons. The maximum Gasteiger partial charge on any atom is 0.390 e. The molecule has 1 aromatic carbocycles. The number of hydrogen-bond acceptors (Lipinski definition) is 3. The molecule has 2 aromatic rings. The average molecular weight is 284 g/mol. The van der Waals surface area contributed by atoms with E-state index >= 15 is 0 Å². The van der Waals surface area contributed by atoms with Crippen LogP contribution < -0.4 is 5.32 Å². The molecular formula is C13H15F3N4. The van der Waals surface area contributed by atoms with Crippen LogP contribution in [0, 0.1) is 0 Å². The van der Waals surface area contributed by atoms with Crippen LogP contribution in [0.5, 0.6) is 0 Å². The molecule has 2 unspecified atom stereocenters. The van der Waals surface area contributed by atoms with Crippen molar-refractivity contribution >= 4 is 0 Å². The lowest BCUT2D eigenvalue weighted by Gasteiger charge is -2.23. The molecule has 20 heavy (non-hydrogen) atoms. The number of aromatic amines is 1. The van der Waals surface area contributed by atoms with Gasteiger partial charge in [0, 0.05) is 6.04 Å².